The molecule has 1 aromatic heterocycles. The molecule has 1 heterocycles. The molecule has 1 atom stereocenters. The Morgan fingerprint density at radius 1 is 1.15 bits per heavy atom. The van der Waals surface area contributed by atoms with E-state index < -0.39 is 23.9 Å². The molecule has 1 aliphatic rings. The Morgan fingerprint density at radius 3 is 2.48 bits per heavy atom. The third kappa shape index (κ3) is 5.00. The van der Waals surface area contributed by atoms with Gasteiger partial charge in [0.1, 0.15) is 5.75 Å². The molecule has 27 heavy (non-hydrogen) atoms. The smallest absolute Gasteiger partial charge is 0.406 e. The van der Waals surface area contributed by atoms with Gasteiger partial charge < -0.3 is 4.74 Å². The number of thiophene rings is 1. The molecule has 0 radical (unpaired) electrons. The molecule has 0 aliphatic heterocycles. The van der Waals surface area contributed by atoms with Gasteiger partial charge in [-0.1, -0.05) is 6.92 Å². The lowest BCUT2D eigenvalue weighted by atomic mass is 9.90. The SMILES string of the molecule is CC1CCc2sc(C(=O)NNC(=O)c3ccc(OC(F)(F)F)cc3)cc2C1. The van der Waals surface area contributed by atoms with Crippen LogP contribution in [0.15, 0.2) is 30.3 Å². The minimum Gasteiger partial charge on any atom is -0.406 e. The van der Waals surface area contributed by atoms with Crippen LogP contribution in [0.4, 0.5) is 13.2 Å². The lowest BCUT2D eigenvalue weighted by Crippen LogP contribution is -2.41. The van der Waals surface area contributed by atoms with Crippen LogP contribution in [0, 0.1) is 5.92 Å². The molecule has 1 aliphatic carbocycles. The first kappa shape index (κ1) is 19.2. The van der Waals surface area contributed by atoms with Crippen molar-refractivity contribution in [2.24, 2.45) is 5.92 Å². The summed E-state index contributed by atoms with van der Waals surface area (Å²) in [6.07, 6.45) is -1.81. The highest BCUT2D eigenvalue weighted by molar-refractivity contribution is 7.14. The molecule has 0 saturated carbocycles. The van der Waals surface area contributed by atoms with E-state index in [1.165, 1.54) is 33.9 Å². The number of alkyl halides is 3. The van der Waals surface area contributed by atoms with Crippen LogP contribution < -0.4 is 15.6 Å². The zero-order valence-electron chi connectivity index (χ0n) is 14.4. The summed E-state index contributed by atoms with van der Waals surface area (Å²) in [4.78, 5) is 26.0. The van der Waals surface area contributed by atoms with Gasteiger partial charge in [-0.05, 0) is 61.1 Å². The Kier molecular flexibility index (Phi) is 5.41. The van der Waals surface area contributed by atoms with Gasteiger partial charge in [-0.3, -0.25) is 20.4 Å². The number of benzene rings is 1. The molecule has 2 amide bonds. The maximum absolute atomic E-state index is 12.2. The van der Waals surface area contributed by atoms with Gasteiger partial charge in [-0.25, -0.2) is 0 Å². The van der Waals surface area contributed by atoms with Crippen LogP contribution in [0.2, 0.25) is 0 Å². The standard InChI is InChI=1S/C18H17F3N2O3S/c1-10-2-7-14-12(8-10)9-15(27-14)17(25)23-22-16(24)11-3-5-13(6-4-11)26-18(19,20)21/h3-6,9-10H,2,7-8H2,1H3,(H,22,24)(H,23,25). The van der Waals surface area contributed by atoms with Gasteiger partial charge in [-0.2, -0.15) is 0 Å². The predicted octanol–water partition coefficient (Wildman–Crippen LogP) is 3.85. The van der Waals surface area contributed by atoms with E-state index in [0.717, 1.165) is 31.4 Å². The van der Waals surface area contributed by atoms with Gasteiger partial charge in [0.15, 0.2) is 0 Å². The van der Waals surface area contributed by atoms with Crippen LogP contribution in [0.3, 0.4) is 0 Å². The van der Waals surface area contributed by atoms with E-state index in [-0.39, 0.29) is 5.56 Å². The summed E-state index contributed by atoms with van der Waals surface area (Å²) in [7, 11) is 0. The quantitative estimate of drug-likeness (QED) is 0.772. The molecule has 0 saturated heterocycles. The Balaban J connectivity index is 1.56. The highest BCUT2D eigenvalue weighted by atomic mass is 32.1. The monoisotopic (exact) mass is 398 g/mol. The maximum Gasteiger partial charge on any atom is 0.573 e. The first-order valence-corrected chi connectivity index (χ1v) is 9.11. The van der Waals surface area contributed by atoms with E-state index in [9.17, 15) is 22.8 Å². The fourth-order valence-electron chi connectivity index (χ4n) is 2.87. The van der Waals surface area contributed by atoms with Crippen molar-refractivity contribution in [1.29, 1.82) is 0 Å². The van der Waals surface area contributed by atoms with Crippen molar-refractivity contribution in [2.75, 3.05) is 0 Å². The van der Waals surface area contributed by atoms with Gasteiger partial charge in [-0.15, -0.1) is 24.5 Å². The van der Waals surface area contributed by atoms with Crippen molar-refractivity contribution < 1.29 is 27.5 Å². The number of ether oxygens (including phenoxy) is 1. The molecule has 0 bridgehead atoms. The number of hydrogen-bond acceptors (Lipinski definition) is 4. The second kappa shape index (κ2) is 7.59. The van der Waals surface area contributed by atoms with Crippen molar-refractivity contribution in [2.45, 2.75) is 32.5 Å². The summed E-state index contributed by atoms with van der Waals surface area (Å²) in [6.45, 7) is 2.17. The third-order valence-electron chi connectivity index (χ3n) is 4.19. The zero-order chi connectivity index (χ0) is 19.6. The van der Waals surface area contributed by atoms with Crippen LogP contribution in [0.25, 0.3) is 0 Å². The number of aryl methyl sites for hydroxylation is 1. The van der Waals surface area contributed by atoms with Gasteiger partial charge in [0.2, 0.25) is 0 Å². The number of hydrazine groups is 1. The lowest BCUT2D eigenvalue weighted by molar-refractivity contribution is -0.274. The fraction of sp³-hybridized carbons (Fsp3) is 0.333. The van der Waals surface area contributed by atoms with Crippen molar-refractivity contribution in [3.05, 3.63) is 51.2 Å². The molecule has 1 aromatic carbocycles. The van der Waals surface area contributed by atoms with Crippen LogP contribution in [0.1, 0.15) is 43.8 Å². The minimum absolute atomic E-state index is 0.0872. The number of hydrogen-bond donors (Lipinski definition) is 2. The summed E-state index contributed by atoms with van der Waals surface area (Å²) in [5.41, 5.74) is 5.85. The number of carbonyl (C=O) groups excluding carboxylic acids is 2. The Morgan fingerprint density at radius 2 is 1.81 bits per heavy atom. The van der Waals surface area contributed by atoms with Crippen LogP contribution >= 0.6 is 11.3 Å². The number of amides is 2. The van der Waals surface area contributed by atoms with Crippen molar-refractivity contribution in [3.8, 4) is 5.75 Å². The molecule has 9 heteroatoms. The van der Waals surface area contributed by atoms with E-state index >= 15 is 0 Å². The third-order valence-corrected chi connectivity index (χ3v) is 5.43. The summed E-state index contributed by atoms with van der Waals surface area (Å²) in [5, 5.41) is 0. The van der Waals surface area contributed by atoms with E-state index in [0.29, 0.717) is 10.8 Å². The van der Waals surface area contributed by atoms with E-state index in [1.54, 1.807) is 0 Å². The Bertz CT molecular complexity index is 847. The molecule has 0 fully saturated rings. The molecule has 3 rings (SSSR count). The second-order valence-electron chi connectivity index (χ2n) is 6.39. The Labute approximate surface area is 157 Å². The summed E-state index contributed by atoms with van der Waals surface area (Å²) in [6, 6.07) is 6.25. The largest absolute Gasteiger partial charge is 0.573 e. The van der Waals surface area contributed by atoms with Crippen LogP contribution in [0.5, 0.6) is 5.75 Å². The maximum atomic E-state index is 12.2. The van der Waals surface area contributed by atoms with E-state index in [2.05, 4.69) is 22.5 Å². The highest BCUT2D eigenvalue weighted by Crippen LogP contribution is 2.32. The first-order valence-electron chi connectivity index (χ1n) is 8.29. The molecule has 0 spiro atoms. The minimum atomic E-state index is -4.80. The van der Waals surface area contributed by atoms with Crippen LogP contribution in [-0.2, 0) is 12.8 Å². The summed E-state index contributed by atoms with van der Waals surface area (Å²) < 4.78 is 40.1. The number of carbonyl (C=O) groups is 2. The number of nitrogens with one attached hydrogen (secondary N) is 2. The van der Waals surface area contributed by atoms with E-state index in [1.807, 2.05) is 6.07 Å². The zero-order valence-corrected chi connectivity index (χ0v) is 15.2. The molecule has 2 N–H and O–H groups in total. The Hall–Kier alpha value is -2.55. The van der Waals surface area contributed by atoms with Crippen molar-refractivity contribution >= 4 is 23.2 Å². The molecule has 5 nitrogen and oxygen atoms in total. The average molecular weight is 398 g/mol. The number of fused-ring (bicyclic) bond motifs is 1. The lowest BCUT2D eigenvalue weighted by Gasteiger charge is -2.16. The predicted molar refractivity (Wildman–Crippen MR) is 93.6 cm³/mol. The molecular weight excluding hydrogens is 381 g/mol. The second-order valence-corrected chi connectivity index (χ2v) is 7.52. The highest BCUT2D eigenvalue weighted by Gasteiger charge is 2.31. The van der Waals surface area contributed by atoms with Gasteiger partial charge >= 0.3 is 6.36 Å². The van der Waals surface area contributed by atoms with E-state index in [4.69, 9.17) is 0 Å². The molecule has 2 aromatic rings. The molecule has 1 unspecified atom stereocenters. The first-order chi connectivity index (χ1) is 12.7. The number of rotatable bonds is 3. The van der Waals surface area contributed by atoms with Gasteiger partial charge in [0.25, 0.3) is 11.8 Å². The number of halogens is 3. The molecule has 144 valence electrons. The van der Waals surface area contributed by atoms with Crippen molar-refractivity contribution in [1.82, 2.24) is 10.9 Å². The average Bonchev–Trinajstić information content (AvgIpc) is 3.01. The summed E-state index contributed by atoms with van der Waals surface area (Å²) >= 11 is 1.41. The normalized spacial score (nSPS) is 16.4. The van der Waals surface area contributed by atoms with Gasteiger partial charge in [0, 0.05) is 10.4 Å². The summed E-state index contributed by atoms with van der Waals surface area (Å²) in [5.74, 6) is -0.905. The van der Waals surface area contributed by atoms with Crippen molar-refractivity contribution in [3.63, 3.8) is 0 Å². The van der Waals surface area contributed by atoms with Gasteiger partial charge in [0.05, 0.1) is 4.88 Å². The van der Waals surface area contributed by atoms with Crippen LogP contribution in [-0.4, -0.2) is 18.2 Å². The fourth-order valence-corrected chi connectivity index (χ4v) is 3.98. The molecular formula is C18H17F3N2O3S. The topological polar surface area (TPSA) is 67.4 Å².